The van der Waals surface area contributed by atoms with Gasteiger partial charge in [-0.2, -0.15) is 0 Å². The fourth-order valence-electron chi connectivity index (χ4n) is 4.16. The van der Waals surface area contributed by atoms with E-state index in [1.165, 1.54) is 23.3 Å². The molecular formula is C27H21N3O4S. The number of ketones is 1. The number of Topliss-reactive ketones (excluding diaryl/α,β-unsaturated/α-hetero) is 1. The van der Waals surface area contributed by atoms with Gasteiger partial charge in [-0.05, 0) is 36.8 Å². The van der Waals surface area contributed by atoms with Crippen molar-refractivity contribution in [2.24, 2.45) is 0 Å². The zero-order valence-corrected chi connectivity index (χ0v) is 19.8. The van der Waals surface area contributed by atoms with Gasteiger partial charge >= 0.3 is 0 Å². The molecule has 174 valence electrons. The topological polar surface area (TPSA) is 92.6 Å². The maximum atomic E-state index is 13.9. The van der Waals surface area contributed by atoms with Crippen LogP contribution in [0, 0.1) is 6.92 Å². The van der Waals surface area contributed by atoms with Crippen molar-refractivity contribution in [3.63, 3.8) is 0 Å². The summed E-state index contributed by atoms with van der Waals surface area (Å²) in [6, 6.07) is 19.1. The number of benzene rings is 2. The number of rotatable bonds is 6. The SMILES string of the molecule is COc1cccc(N2C(=O)C(O)=C(C(=O)c3sc(-c4ccccc4)nc3C)C2c2ccncc2)c1. The Balaban J connectivity index is 1.62. The maximum Gasteiger partial charge on any atom is 0.294 e. The molecule has 35 heavy (non-hydrogen) atoms. The molecule has 4 aromatic rings. The summed E-state index contributed by atoms with van der Waals surface area (Å²) in [6.45, 7) is 1.76. The highest BCUT2D eigenvalue weighted by Gasteiger charge is 2.45. The van der Waals surface area contributed by atoms with Crippen LogP contribution in [-0.4, -0.2) is 33.9 Å². The number of carbonyl (C=O) groups excluding carboxylic acids is 2. The van der Waals surface area contributed by atoms with E-state index in [1.807, 2.05) is 30.3 Å². The molecular weight excluding hydrogens is 462 g/mol. The molecule has 2 aromatic heterocycles. The number of aryl methyl sites for hydroxylation is 1. The molecule has 5 rings (SSSR count). The summed E-state index contributed by atoms with van der Waals surface area (Å²) in [6.07, 6.45) is 3.18. The van der Waals surface area contributed by atoms with Crippen molar-refractivity contribution in [2.45, 2.75) is 13.0 Å². The quantitative estimate of drug-likeness (QED) is 0.374. The van der Waals surface area contributed by atoms with Gasteiger partial charge in [0.2, 0.25) is 5.78 Å². The van der Waals surface area contributed by atoms with Crippen LogP contribution in [0.25, 0.3) is 10.6 Å². The summed E-state index contributed by atoms with van der Waals surface area (Å²) in [7, 11) is 1.53. The van der Waals surface area contributed by atoms with Crippen molar-refractivity contribution in [1.82, 2.24) is 9.97 Å². The molecule has 2 aromatic carbocycles. The predicted molar refractivity (Wildman–Crippen MR) is 134 cm³/mol. The van der Waals surface area contributed by atoms with E-state index in [2.05, 4.69) is 9.97 Å². The number of aliphatic hydroxyl groups excluding tert-OH is 1. The van der Waals surface area contributed by atoms with Gasteiger partial charge in [0.1, 0.15) is 10.8 Å². The summed E-state index contributed by atoms with van der Waals surface area (Å²) < 4.78 is 5.32. The molecule has 0 fully saturated rings. The molecule has 1 amide bonds. The Bertz CT molecular complexity index is 1450. The zero-order valence-electron chi connectivity index (χ0n) is 19.0. The lowest BCUT2D eigenvalue weighted by atomic mass is 9.95. The fraction of sp³-hybridized carbons (Fsp3) is 0.111. The van der Waals surface area contributed by atoms with Gasteiger partial charge < -0.3 is 9.84 Å². The third-order valence-electron chi connectivity index (χ3n) is 5.83. The number of aliphatic hydroxyl groups is 1. The number of aromatic nitrogens is 2. The van der Waals surface area contributed by atoms with Crippen LogP contribution in [-0.2, 0) is 4.79 Å². The number of hydrogen-bond acceptors (Lipinski definition) is 7. The highest BCUT2D eigenvalue weighted by Crippen LogP contribution is 2.43. The molecule has 8 heteroatoms. The molecule has 0 spiro atoms. The van der Waals surface area contributed by atoms with Crippen molar-refractivity contribution in [3.8, 4) is 16.3 Å². The molecule has 1 N–H and O–H groups in total. The number of carbonyl (C=O) groups is 2. The lowest BCUT2D eigenvalue weighted by molar-refractivity contribution is -0.117. The molecule has 1 aliphatic rings. The second kappa shape index (κ2) is 9.15. The number of methoxy groups -OCH3 is 1. The van der Waals surface area contributed by atoms with E-state index in [0.717, 1.165) is 5.56 Å². The summed E-state index contributed by atoms with van der Waals surface area (Å²) in [4.78, 5) is 37.7. The van der Waals surface area contributed by atoms with Gasteiger partial charge in [-0.25, -0.2) is 4.98 Å². The highest BCUT2D eigenvalue weighted by molar-refractivity contribution is 7.17. The Morgan fingerprint density at radius 3 is 2.51 bits per heavy atom. The smallest absolute Gasteiger partial charge is 0.294 e. The second-order valence-electron chi connectivity index (χ2n) is 7.95. The van der Waals surface area contributed by atoms with Crippen molar-refractivity contribution in [3.05, 3.63) is 107 Å². The van der Waals surface area contributed by atoms with E-state index >= 15 is 0 Å². The summed E-state index contributed by atoms with van der Waals surface area (Å²) in [5.41, 5.74) is 2.59. The molecule has 0 aliphatic carbocycles. The van der Waals surface area contributed by atoms with Crippen molar-refractivity contribution < 1.29 is 19.4 Å². The molecule has 0 saturated carbocycles. The average Bonchev–Trinajstić information content (AvgIpc) is 3.42. The van der Waals surface area contributed by atoms with Crippen LogP contribution in [0.1, 0.15) is 27.0 Å². The lowest BCUT2D eigenvalue weighted by Gasteiger charge is -2.27. The predicted octanol–water partition coefficient (Wildman–Crippen LogP) is 5.31. The fourth-order valence-corrected chi connectivity index (χ4v) is 5.18. The number of ether oxygens (including phenoxy) is 1. The summed E-state index contributed by atoms with van der Waals surface area (Å²) in [5, 5.41) is 11.7. The first-order chi connectivity index (χ1) is 17.0. The molecule has 0 saturated heterocycles. The first-order valence-corrected chi connectivity index (χ1v) is 11.7. The van der Waals surface area contributed by atoms with Crippen LogP contribution in [0.5, 0.6) is 5.75 Å². The standard InChI is InChI=1S/C27H21N3O4S/c1-16-25(35-26(29-16)18-7-4-3-5-8-18)23(31)21-22(17-11-13-28-14-12-17)30(27(33)24(21)32)19-9-6-10-20(15-19)34-2/h3-15,22,32H,1-2H3. The van der Waals surface area contributed by atoms with E-state index in [1.54, 1.807) is 55.7 Å². The Labute approximate surface area is 206 Å². The monoisotopic (exact) mass is 483 g/mol. The number of thiazole rings is 1. The first-order valence-electron chi connectivity index (χ1n) is 10.9. The highest BCUT2D eigenvalue weighted by atomic mass is 32.1. The molecule has 1 unspecified atom stereocenters. The Morgan fingerprint density at radius 2 is 1.80 bits per heavy atom. The Morgan fingerprint density at radius 1 is 1.06 bits per heavy atom. The van der Waals surface area contributed by atoms with Crippen LogP contribution in [0.15, 0.2) is 90.5 Å². The third-order valence-corrected chi connectivity index (χ3v) is 7.03. The number of hydrogen-bond donors (Lipinski definition) is 1. The van der Waals surface area contributed by atoms with Crippen LogP contribution in [0.4, 0.5) is 5.69 Å². The lowest BCUT2D eigenvalue weighted by Crippen LogP contribution is -2.31. The van der Waals surface area contributed by atoms with Gasteiger partial charge in [0.05, 0.1) is 29.3 Å². The van der Waals surface area contributed by atoms with Crippen LogP contribution in [0.2, 0.25) is 0 Å². The number of nitrogens with zero attached hydrogens (tertiary/aromatic N) is 3. The Hall–Kier alpha value is -4.30. The van der Waals surface area contributed by atoms with Gasteiger partial charge in [-0.1, -0.05) is 36.4 Å². The minimum Gasteiger partial charge on any atom is -0.503 e. The molecule has 0 bridgehead atoms. The third kappa shape index (κ3) is 3.98. The normalized spacial score (nSPS) is 15.5. The van der Waals surface area contributed by atoms with E-state index in [0.29, 0.717) is 32.6 Å². The number of amides is 1. The molecule has 1 aliphatic heterocycles. The zero-order chi connectivity index (χ0) is 24.5. The van der Waals surface area contributed by atoms with E-state index in [4.69, 9.17) is 4.74 Å². The summed E-state index contributed by atoms with van der Waals surface area (Å²) >= 11 is 1.24. The van der Waals surface area contributed by atoms with Gasteiger partial charge in [-0.15, -0.1) is 11.3 Å². The number of anilines is 1. The van der Waals surface area contributed by atoms with E-state index < -0.39 is 23.5 Å². The Kier molecular flexibility index (Phi) is 5.88. The van der Waals surface area contributed by atoms with E-state index in [-0.39, 0.29) is 5.57 Å². The summed E-state index contributed by atoms with van der Waals surface area (Å²) in [5.74, 6) is -1.11. The largest absolute Gasteiger partial charge is 0.503 e. The van der Waals surface area contributed by atoms with Crippen LogP contribution in [0.3, 0.4) is 0 Å². The van der Waals surface area contributed by atoms with Crippen molar-refractivity contribution in [2.75, 3.05) is 12.0 Å². The first kappa shape index (κ1) is 22.5. The van der Waals surface area contributed by atoms with Crippen molar-refractivity contribution in [1.29, 1.82) is 0 Å². The number of pyridine rings is 1. The molecule has 7 nitrogen and oxygen atoms in total. The molecule has 3 heterocycles. The van der Waals surface area contributed by atoms with Crippen molar-refractivity contribution >= 4 is 28.7 Å². The van der Waals surface area contributed by atoms with Crippen LogP contribution < -0.4 is 9.64 Å². The average molecular weight is 484 g/mol. The van der Waals surface area contributed by atoms with Gasteiger partial charge in [0, 0.05) is 29.7 Å². The van der Waals surface area contributed by atoms with Gasteiger partial charge in [0.15, 0.2) is 5.76 Å². The second-order valence-corrected chi connectivity index (χ2v) is 8.95. The minimum atomic E-state index is -0.841. The maximum absolute atomic E-state index is 13.9. The van der Waals surface area contributed by atoms with Gasteiger partial charge in [0.25, 0.3) is 5.91 Å². The van der Waals surface area contributed by atoms with Crippen LogP contribution >= 0.6 is 11.3 Å². The molecule has 0 radical (unpaired) electrons. The minimum absolute atomic E-state index is 0.00961. The van der Waals surface area contributed by atoms with E-state index in [9.17, 15) is 14.7 Å². The molecule has 1 atom stereocenters. The van der Waals surface area contributed by atoms with Gasteiger partial charge in [-0.3, -0.25) is 19.5 Å².